The minimum atomic E-state index is -0.568. The van der Waals surface area contributed by atoms with E-state index in [1.54, 1.807) is 0 Å². The molecule has 1 aliphatic heterocycles. The van der Waals surface area contributed by atoms with Gasteiger partial charge in [-0.25, -0.2) is 9.18 Å². The Morgan fingerprint density at radius 1 is 1.32 bits per heavy atom. The predicted octanol–water partition coefficient (Wildman–Crippen LogP) is 4.70. The lowest BCUT2D eigenvalue weighted by Crippen LogP contribution is -2.40. The molecule has 1 atom stereocenters. The van der Waals surface area contributed by atoms with Crippen molar-refractivity contribution in [3.05, 3.63) is 41.2 Å². The Morgan fingerprint density at radius 2 is 1.95 bits per heavy atom. The Hall–Kier alpha value is -1.84. The fourth-order valence-corrected chi connectivity index (χ4v) is 2.51. The summed E-state index contributed by atoms with van der Waals surface area (Å²) in [5.74, 6) is -0.285. The second-order valence-corrected chi connectivity index (χ2v) is 6.77. The SMILES string of the molecule is Cc1ccc(/C=C(\F)C2CCCN2C(=O)OC(C)(C)C)cc1. The van der Waals surface area contributed by atoms with E-state index in [1.165, 1.54) is 11.0 Å². The largest absolute Gasteiger partial charge is 0.444 e. The van der Waals surface area contributed by atoms with Gasteiger partial charge in [-0.1, -0.05) is 29.8 Å². The van der Waals surface area contributed by atoms with E-state index in [0.717, 1.165) is 17.5 Å². The van der Waals surface area contributed by atoms with Crippen molar-refractivity contribution in [3.63, 3.8) is 0 Å². The van der Waals surface area contributed by atoms with Gasteiger partial charge in [-0.2, -0.15) is 0 Å². The van der Waals surface area contributed by atoms with Gasteiger partial charge < -0.3 is 4.74 Å². The van der Waals surface area contributed by atoms with Crippen LogP contribution in [0.25, 0.3) is 6.08 Å². The summed E-state index contributed by atoms with van der Waals surface area (Å²) in [6, 6.07) is 7.12. The van der Waals surface area contributed by atoms with E-state index >= 15 is 0 Å². The van der Waals surface area contributed by atoms with Crippen LogP contribution in [-0.2, 0) is 4.74 Å². The number of hydrogen-bond donors (Lipinski definition) is 0. The average molecular weight is 305 g/mol. The van der Waals surface area contributed by atoms with Crippen LogP contribution in [0.15, 0.2) is 30.1 Å². The first kappa shape index (κ1) is 16.5. The number of likely N-dealkylation sites (tertiary alicyclic amines) is 1. The second-order valence-electron chi connectivity index (χ2n) is 6.77. The zero-order chi connectivity index (χ0) is 16.3. The van der Waals surface area contributed by atoms with Crippen LogP contribution < -0.4 is 0 Å². The Morgan fingerprint density at radius 3 is 2.55 bits per heavy atom. The predicted molar refractivity (Wildman–Crippen MR) is 86.2 cm³/mol. The molecule has 1 aromatic rings. The molecule has 0 N–H and O–H groups in total. The van der Waals surface area contributed by atoms with E-state index in [1.807, 2.05) is 52.0 Å². The van der Waals surface area contributed by atoms with Crippen molar-refractivity contribution in [1.29, 1.82) is 0 Å². The highest BCUT2D eigenvalue weighted by Crippen LogP contribution is 2.28. The summed E-state index contributed by atoms with van der Waals surface area (Å²) in [4.78, 5) is 13.7. The molecule has 0 aliphatic carbocycles. The van der Waals surface area contributed by atoms with Crippen LogP contribution in [0.1, 0.15) is 44.7 Å². The first-order chi connectivity index (χ1) is 10.3. The third-order valence-electron chi connectivity index (χ3n) is 3.58. The topological polar surface area (TPSA) is 29.5 Å². The van der Waals surface area contributed by atoms with Crippen molar-refractivity contribution in [2.45, 2.75) is 52.2 Å². The first-order valence-electron chi connectivity index (χ1n) is 7.70. The van der Waals surface area contributed by atoms with Gasteiger partial charge in [0, 0.05) is 6.54 Å². The number of carbonyl (C=O) groups is 1. The summed E-state index contributed by atoms with van der Waals surface area (Å²) in [5.41, 5.74) is 1.37. The molecule has 1 amide bonds. The maximum absolute atomic E-state index is 14.5. The molecule has 0 radical (unpaired) electrons. The average Bonchev–Trinajstić information content (AvgIpc) is 2.89. The van der Waals surface area contributed by atoms with Crippen molar-refractivity contribution in [2.24, 2.45) is 0 Å². The van der Waals surface area contributed by atoms with Gasteiger partial charge in [-0.3, -0.25) is 4.90 Å². The van der Waals surface area contributed by atoms with Gasteiger partial charge >= 0.3 is 6.09 Å². The molecule has 1 saturated heterocycles. The quantitative estimate of drug-likeness (QED) is 0.792. The maximum atomic E-state index is 14.5. The highest BCUT2D eigenvalue weighted by molar-refractivity contribution is 5.70. The van der Waals surface area contributed by atoms with Gasteiger partial charge in [0.15, 0.2) is 0 Å². The normalized spacial score (nSPS) is 19.4. The number of halogens is 1. The molecule has 1 aromatic carbocycles. The molecule has 0 saturated carbocycles. The van der Waals surface area contributed by atoms with Crippen LogP contribution in [0, 0.1) is 6.92 Å². The van der Waals surface area contributed by atoms with Crippen molar-refractivity contribution in [1.82, 2.24) is 4.90 Å². The summed E-state index contributed by atoms with van der Waals surface area (Å²) in [5, 5.41) is 0. The number of aryl methyl sites for hydroxylation is 1. The highest BCUT2D eigenvalue weighted by atomic mass is 19.1. The molecule has 120 valence electrons. The third-order valence-corrected chi connectivity index (χ3v) is 3.58. The lowest BCUT2D eigenvalue weighted by atomic mass is 10.1. The molecule has 1 heterocycles. The third kappa shape index (κ3) is 4.33. The minimum absolute atomic E-state index is 0.285. The number of hydrogen-bond acceptors (Lipinski definition) is 2. The zero-order valence-electron chi connectivity index (χ0n) is 13.7. The Bertz CT molecular complexity index is 557. The van der Waals surface area contributed by atoms with Crippen LogP contribution in [0.3, 0.4) is 0 Å². The van der Waals surface area contributed by atoms with Gasteiger partial charge in [0.2, 0.25) is 0 Å². The maximum Gasteiger partial charge on any atom is 0.410 e. The number of carbonyl (C=O) groups excluding carboxylic acids is 1. The Kier molecular flexibility index (Phi) is 4.89. The summed E-state index contributed by atoms with van der Waals surface area (Å²) >= 11 is 0. The molecule has 1 fully saturated rings. The van der Waals surface area contributed by atoms with E-state index in [4.69, 9.17) is 4.74 Å². The number of benzene rings is 1. The Labute approximate surface area is 131 Å². The van der Waals surface area contributed by atoms with Crippen LogP contribution in [-0.4, -0.2) is 29.2 Å². The molecule has 0 bridgehead atoms. The number of amides is 1. The monoisotopic (exact) mass is 305 g/mol. The van der Waals surface area contributed by atoms with E-state index in [-0.39, 0.29) is 5.83 Å². The van der Waals surface area contributed by atoms with Gasteiger partial charge in [-0.15, -0.1) is 0 Å². The molecular formula is C18H24FNO2. The molecule has 0 aromatic heterocycles. The molecule has 2 rings (SSSR count). The standard InChI is InChI=1S/C18H24FNO2/c1-13-7-9-14(10-8-13)12-15(19)16-6-5-11-20(16)17(21)22-18(2,3)4/h7-10,12,16H,5-6,11H2,1-4H3/b15-12-. The smallest absolute Gasteiger partial charge is 0.410 e. The van der Waals surface area contributed by atoms with Gasteiger partial charge in [0.05, 0.1) is 6.04 Å². The number of nitrogens with zero attached hydrogens (tertiary/aromatic N) is 1. The minimum Gasteiger partial charge on any atom is -0.444 e. The summed E-state index contributed by atoms with van der Waals surface area (Å²) in [7, 11) is 0. The van der Waals surface area contributed by atoms with Crippen LogP contribution in [0.5, 0.6) is 0 Å². The van der Waals surface area contributed by atoms with E-state index in [9.17, 15) is 9.18 Å². The van der Waals surface area contributed by atoms with E-state index in [2.05, 4.69) is 0 Å². The van der Waals surface area contributed by atoms with Crippen molar-refractivity contribution in [2.75, 3.05) is 6.54 Å². The molecule has 1 aliphatic rings. The lowest BCUT2D eigenvalue weighted by Gasteiger charge is -2.28. The number of rotatable bonds is 2. The molecular weight excluding hydrogens is 281 g/mol. The van der Waals surface area contributed by atoms with Crippen molar-refractivity contribution in [3.8, 4) is 0 Å². The second kappa shape index (κ2) is 6.51. The lowest BCUT2D eigenvalue weighted by molar-refractivity contribution is 0.0237. The molecule has 0 spiro atoms. The van der Waals surface area contributed by atoms with Crippen LogP contribution in [0.2, 0.25) is 0 Å². The van der Waals surface area contributed by atoms with Gasteiger partial charge in [0.25, 0.3) is 0 Å². The van der Waals surface area contributed by atoms with Crippen molar-refractivity contribution >= 4 is 12.2 Å². The van der Waals surface area contributed by atoms with Crippen molar-refractivity contribution < 1.29 is 13.9 Å². The zero-order valence-corrected chi connectivity index (χ0v) is 13.7. The molecule has 3 nitrogen and oxygen atoms in total. The first-order valence-corrected chi connectivity index (χ1v) is 7.70. The fourth-order valence-electron chi connectivity index (χ4n) is 2.51. The fraction of sp³-hybridized carbons (Fsp3) is 0.500. The summed E-state index contributed by atoms with van der Waals surface area (Å²) in [6.07, 6.45) is 2.49. The van der Waals surface area contributed by atoms with Gasteiger partial charge in [-0.05, 0) is 52.2 Å². The van der Waals surface area contributed by atoms with E-state index in [0.29, 0.717) is 13.0 Å². The highest BCUT2D eigenvalue weighted by Gasteiger charge is 2.34. The molecule has 4 heteroatoms. The summed E-state index contributed by atoms with van der Waals surface area (Å²) < 4.78 is 19.9. The van der Waals surface area contributed by atoms with Crippen LogP contribution >= 0.6 is 0 Å². The summed E-state index contributed by atoms with van der Waals surface area (Å²) in [6.45, 7) is 7.97. The molecule has 22 heavy (non-hydrogen) atoms. The Balaban J connectivity index is 2.12. The molecule has 1 unspecified atom stereocenters. The van der Waals surface area contributed by atoms with Crippen LogP contribution in [0.4, 0.5) is 9.18 Å². The van der Waals surface area contributed by atoms with E-state index < -0.39 is 17.7 Å². The number of ether oxygens (including phenoxy) is 1. The van der Waals surface area contributed by atoms with Gasteiger partial charge in [0.1, 0.15) is 11.4 Å².